The molecule has 0 radical (unpaired) electrons. The minimum atomic E-state index is 0.493. The van der Waals surface area contributed by atoms with Crippen molar-refractivity contribution in [2.75, 3.05) is 5.32 Å². The van der Waals surface area contributed by atoms with Crippen molar-refractivity contribution in [2.24, 2.45) is 5.10 Å². The Hall–Kier alpha value is -2.20. The predicted octanol–water partition coefficient (Wildman–Crippen LogP) is 3.59. The molecule has 2 aromatic rings. The fourth-order valence-electron chi connectivity index (χ4n) is 1.73. The summed E-state index contributed by atoms with van der Waals surface area (Å²) in [5, 5.41) is 7.65. The van der Waals surface area contributed by atoms with E-state index in [2.05, 4.69) is 28.0 Å². The molecule has 0 spiro atoms. The van der Waals surface area contributed by atoms with Crippen molar-refractivity contribution in [2.45, 2.75) is 12.8 Å². The van der Waals surface area contributed by atoms with E-state index in [-0.39, 0.29) is 0 Å². The van der Waals surface area contributed by atoms with Gasteiger partial charge in [0, 0.05) is 11.9 Å². The van der Waals surface area contributed by atoms with Crippen LogP contribution < -0.4 is 10.7 Å². The Balaban J connectivity index is 1.67. The number of nitrogens with zero attached hydrogens (tertiary/aromatic N) is 1. The van der Waals surface area contributed by atoms with Crippen LogP contribution in [0.4, 0.5) is 5.69 Å². The number of hydrazone groups is 1. The largest absolute Gasteiger partial charge is 0.331 e. The minimum absolute atomic E-state index is 0.493. The third-order valence-electron chi connectivity index (χ3n) is 2.69. The van der Waals surface area contributed by atoms with Crippen LogP contribution in [0.1, 0.15) is 12.0 Å². The molecule has 2 aromatic carbocycles. The van der Waals surface area contributed by atoms with E-state index in [0.717, 1.165) is 18.5 Å². The molecule has 20 heavy (non-hydrogen) atoms. The van der Waals surface area contributed by atoms with Crippen LogP contribution in [-0.4, -0.2) is 11.3 Å². The van der Waals surface area contributed by atoms with E-state index >= 15 is 0 Å². The maximum atomic E-state index is 5.14. The molecule has 0 atom stereocenters. The molecule has 0 heterocycles. The van der Waals surface area contributed by atoms with Gasteiger partial charge in [0.2, 0.25) is 0 Å². The van der Waals surface area contributed by atoms with Crippen LogP contribution in [-0.2, 0) is 6.42 Å². The minimum Gasteiger partial charge on any atom is -0.331 e. The molecule has 0 aliphatic carbocycles. The number of aryl methyl sites for hydroxylation is 1. The van der Waals surface area contributed by atoms with Gasteiger partial charge < -0.3 is 5.32 Å². The molecule has 0 fully saturated rings. The van der Waals surface area contributed by atoms with Gasteiger partial charge in [0.15, 0.2) is 5.11 Å². The standard InChI is InChI=1S/C16H17N3S/c20-16(18-15-11-5-2-6-12-15)19-17-13-7-10-14-8-3-1-4-9-14/h1-6,8-9,11-13H,7,10H2,(H2,18,19,20)/b17-13-. The molecule has 2 N–H and O–H groups in total. The molecule has 3 nitrogen and oxygen atoms in total. The smallest absolute Gasteiger partial charge is 0.191 e. The van der Waals surface area contributed by atoms with Crippen LogP contribution in [0.15, 0.2) is 65.8 Å². The first-order valence-corrected chi connectivity index (χ1v) is 6.93. The Morgan fingerprint density at radius 1 is 1.00 bits per heavy atom. The Bertz CT molecular complexity index is 552. The van der Waals surface area contributed by atoms with Crippen molar-refractivity contribution < 1.29 is 0 Å². The summed E-state index contributed by atoms with van der Waals surface area (Å²) in [5.74, 6) is 0. The van der Waals surface area contributed by atoms with E-state index in [0.29, 0.717) is 5.11 Å². The average molecular weight is 283 g/mol. The van der Waals surface area contributed by atoms with E-state index in [1.807, 2.05) is 54.7 Å². The van der Waals surface area contributed by atoms with E-state index in [1.165, 1.54) is 5.56 Å². The highest BCUT2D eigenvalue weighted by Gasteiger charge is 1.94. The SMILES string of the molecule is S=C(N/N=C\CCc1ccccc1)Nc1ccccc1. The van der Waals surface area contributed by atoms with Gasteiger partial charge in [-0.3, -0.25) is 5.43 Å². The van der Waals surface area contributed by atoms with Gasteiger partial charge in [0.05, 0.1) is 0 Å². The molecular formula is C16H17N3S. The van der Waals surface area contributed by atoms with Crippen molar-refractivity contribution in [1.82, 2.24) is 5.43 Å². The van der Waals surface area contributed by atoms with Crippen LogP contribution in [0, 0.1) is 0 Å². The summed E-state index contributed by atoms with van der Waals surface area (Å²) in [5.41, 5.74) is 5.06. The van der Waals surface area contributed by atoms with Gasteiger partial charge in [-0.1, -0.05) is 48.5 Å². The number of nitrogens with one attached hydrogen (secondary N) is 2. The third-order valence-corrected chi connectivity index (χ3v) is 2.89. The zero-order valence-corrected chi connectivity index (χ0v) is 11.9. The van der Waals surface area contributed by atoms with E-state index in [1.54, 1.807) is 0 Å². The molecule has 0 aromatic heterocycles. The first kappa shape index (κ1) is 14.2. The second-order valence-electron chi connectivity index (χ2n) is 4.27. The maximum absolute atomic E-state index is 5.14. The molecule has 0 aliphatic heterocycles. The second kappa shape index (κ2) is 8.07. The van der Waals surface area contributed by atoms with Crippen molar-refractivity contribution in [1.29, 1.82) is 0 Å². The number of benzene rings is 2. The molecule has 4 heteroatoms. The summed E-state index contributed by atoms with van der Waals surface area (Å²) in [6.07, 6.45) is 3.70. The highest BCUT2D eigenvalue weighted by atomic mass is 32.1. The zero-order chi connectivity index (χ0) is 14.0. The van der Waals surface area contributed by atoms with Gasteiger partial charge in [-0.25, -0.2) is 0 Å². The van der Waals surface area contributed by atoms with Crippen LogP contribution in [0.5, 0.6) is 0 Å². The molecular weight excluding hydrogens is 266 g/mol. The van der Waals surface area contributed by atoms with Gasteiger partial charge in [0.1, 0.15) is 0 Å². The number of hydrogen-bond acceptors (Lipinski definition) is 2. The van der Waals surface area contributed by atoms with Gasteiger partial charge in [-0.15, -0.1) is 0 Å². The number of rotatable bonds is 5. The summed E-state index contributed by atoms with van der Waals surface area (Å²) in [6, 6.07) is 20.1. The monoisotopic (exact) mass is 283 g/mol. The highest BCUT2D eigenvalue weighted by Crippen LogP contribution is 2.04. The molecule has 2 rings (SSSR count). The lowest BCUT2D eigenvalue weighted by atomic mass is 10.1. The number of para-hydroxylation sites is 1. The summed E-state index contributed by atoms with van der Waals surface area (Å²) < 4.78 is 0. The molecule has 0 amide bonds. The first-order valence-electron chi connectivity index (χ1n) is 6.52. The Morgan fingerprint density at radius 2 is 1.65 bits per heavy atom. The average Bonchev–Trinajstić information content (AvgIpc) is 2.49. The van der Waals surface area contributed by atoms with Crippen molar-refractivity contribution in [3.05, 3.63) is 66.2 Å². The van der Waals surface area contributed by atoms with Crippen LogP contribution in [0.25, 0.3) is 0 Å². The van der Waals surface area contributed by atoms with Gasteiger partial charge in [-0.05, 0) is 42.8 Å². The molecule has 0 aliphatic rings. The lowest BCUT2D eigenvalue weighted by Gasteiger charge is -2.06. The van der Waals surface area contributed by atoms with Crippen molar-refractivity contribution in [3.63, 3.8) is 0 Å². The Morgan fingerprint density at radius 3 is 2.35 bits per heavy atom. The summed E-state index contributed by atoms with van der Waals surface area (Å²) in [7, 11) is 0. The van der Waals surface area contributed by atoms with Crippen molar-refractivity contribution in [3.8, 4) is 0 Å². The zero-order valence-electron chi connectivity index (χ0n) is 11.1. The topological polar surface area (TPSA) is 36.4 Å². The first-order chi connectivity index (χ1) is 9.84. The fraction of sp³-hybridized carbons (Fsp3) is 0.125. The van der Waals surface area contributed by atoms with E-state index in [4.69, 9.17) is 12.2 Å². The van der Waals surface area contributed by atoms with Crippen molar-refractivity contribution >= 4 is 29.2 Å². The molecule has 0 saturated carbocycles. The lowest BCUT2D eigenvalue weighted by Crippen LogP contribution is -2.23. The fourth-order valence-corrected chi connectivity index (χ4v) is 1.90. The lowest BCUT2D eigenvalue weighted by molar-refractivity contribution is 0.999. The summed E-state index contributed by atoms with van der Waals surface area (Å²) in [4.78, 5) is 0. The Labute approximate surface area is 124 Å². The van der Waals surface area contributed by atoms with Gasteiger partial charge >= 0.3 is 0 Å². The summed E-state index contributed by atoms with van der Waals surface area (Å²) in [6.45, 7) is 0. The van der Waals surface area contributed by atoms with Crippen LogP contribution in [0.3, 0.4) is 0 Å². The number of thiocarbonyl (C=S) groups is 1. The molecule has 0 unspecified atom stereocenters. The molecule has 102 valence electrons. The normalized spacial score (nSPS) is 10.4. The third kappa shape index (κ3) is 5.20. The van der Waals surface area contributed by atoms with Gasteiger partial charge in [-0.2, -0.15) is 5.10 Å². The quantitative estimate of drug-likeness (QED) is 0.500. The van der Waals surface area contributed by atoms with E-state index in [9.17, 15) is 0 Å². The maximum Gasteiger partial charge on any atom is 0.191 e. The predicted molar refractivity (Wildman–Crippen MR) is 89.1 cm³/mol. The summed E-state index contributed by atoms with van der Waals surface area (Å²) >= 11 is 5.14. The highest BCUT2D eigenvalue weighted by molar-refractivity contribution is 7.80. The van der Waals surface area contributed by atoms with Crippen LogP contribution in [0.2, 0.25) is 0 Å². The van der Waals surface area contributed by atoms with Gasteiger partial charge in [0.25, 0.3) is 0 Å². The molecule has 0 bridgehead atoms. The molecule has 0 saturated heterocycles. The second-order valence-corrected chi connectivity index (χ2v) is 4.68. The Kier molecular flexibility index (Phi) is 5.73. The number of anilines is 1. The van der Waals surface area contributed by atoms with Crippen LogP contribution >= 0.6 is 12.2 Å². The van der Waals surface area contributed by atoms with E-state index < -0.39 is 0 Å². The number of hydrogen-bond donors (Lipinski definition) is 2.